The van der Waals surface area contributed by atoms with Crippen molar-refractivity contribution in [1.82, 2.24) is 24.6 Å². The SMILES string of the molecule is Cl.Cl.Cn1c(SCCCN2CC[C@]3(C[C@@H]3c3ccc(C(F)(F)F)cc3)C2)nnc1-c1ccc(C(N)=O)cn1. The summed E-state index contributed by atoms with van der Waals surface area (Å²) in [7, 11) is 1.89. The van der Waals surface area contributed by atoms with Gasteiger partial charge in [-0.05, 0) is 73.5 Å². The number of primary amides is 1. The van der Waals surface area contributed by atoms with Gasteiger partial charge in [0.15, 0.2) is 11.0 Å². The molecule has 7 nitrogen and oxygen atoms in total. The van der Waals surface area contributed by atoms with Crippen molar-refractivity contribution in [1.29, 1.82) is 0 Å². The van der Waals surface area contributed by atoms with E-state index in [2.05, 4.69) is 20.1 Å². The predicted molar refractivity (Wildman–Crippen MR) is 145 cm³/mol. The number of likely N-dealkylation sites (tertiary alicyclic amines) is 1. The van der Waals surface area contributed by atoms with Gasteiger partial charge in [0.05, 0.1) is 11.1 Å². The van der Waals surface area contributed by atoms with E-state index in [9.17, 15) is 18.0 Å². The van der Waals surface area contributed by atoms with E-state index in [0.29, 0.717) is 23.0 Å². The van der Waals surface area contributed by atoms with Gasteiger partial charge in [0, 0.05) is 25.5 Å². The maximum atomic E-state index is 12.8. The number of hydrogen-bond donors (Lipinski definition) is 1. The van der Waals surface area contributed by atoms with Crippen LogP contribution >= 0.6 is 36.6 Å². The molecule has 1 spiro atoms. The van der Waals surface area contributed by atoms with E-state index >= 15 is 0 Å². The third-order valence-electron chi connectivity index (χ3n) is 7.26. The molecule has 1 saturated carbocycles. The number of carbonyl (C=O) groups is 1. The van der Waals surface area contributed by atoms with Crippen molar-refractivity contribution < 1.29 is 18.0 Å². The molecule has 2 aliphatic rings. The Balaban J connectivity index is 0.00000200. The maximum absolute atomic E-state index is 12.8. The van der Waals surface area contributed by atoms with Crippen LogP contribution in [0.4, 0.5) is 13.2 Å². The molecule has 1 aromatic carbocycles. The van der Waals surface area contributed by atoms with Gasteiger partial charge in [-0.15, -0.1) is 35.0 Å². The van der Waals surface area contributed by atoms with Crippen molar-refractivity contribution in [2.75, 3.05) is 25.4 Å². The average Bonchev–Trinajstić information content (AvgIpc) is 3.20. The monoisotopic (exact) mass is 588 g/mol. The number of aromatic nitrogens is 4. The topological polar surface area (TPSA) is 89.9 Å². The summed E-state index contributed by atoms with van der Waals surface area (Å²) in [5.74, 6) is 1.36. The van der Waals surface area contributed by atoms with Gasteiger partial charge in [-0.25, -0.2) is 0 Å². The standard InChI is InChI=1S/C25H27F3N6OS.2ClH/c1-33-22(20-8-5-17(14-30-20)21(29)35)31-32-23(33)36-12-2-10-34-11-9-24(15-34)13-19(24)16-3-6-18(7-4-16)25(26,27)28;;/h3-8,14,19H,2,9-13,15H2,1H3,(H2,29,35);2*1H/t19-,24+;;/m1../s1. The smallest absolute Gasteiger partial charge is 0.366 e. The van der Waals surface area contributed by atoms with E-state index in [0.717, 1.165) is 55.4 Å². The molecule has 3 heterocycles. The molecule has 2 fully saturated rings. The first kappa shape index (κ1) is 30.2. The normalized spacial score (nSPS) is 20.7. The Bertz CT molecular complexity index is 1260. The van der Waals surface area contributed by atoms with Crippen molar-refractivity contribution >= 4 is 42.5 Å². The Morgan fingerprint density at radius 1 is 1.16 bits per heavy atom. The minimum Gasteiger partial charge on any atom is -0.366 e. The molecule has 38 heavy (non-hydrogen) atoms. The number of amides is 1. The number of nitrogens with zero attached hydrogens (tertiary/aromatic N) is 5. The largest absolute Gasteiger partial charge is 0.416 e. The molecule has 2 atom stereocenters. The molecular weight excluding hydrogens is 560 g/mol. The van der Waals surface area contributed by atoms with Crippen molar-refractivity contribution in [3.8, 4) is 11.5 Å². The fourth-order valence-electron chi connectivity index (χ4n) is 5.14. The van der Waals surface area contributed by atoms with Gasteiger partial charge in [0.1, 0.15) is 5.69 Å². The third-order valence-corrected chi connectivity index (χ3v) is 8.36. The molecule has 1 amide bonds. The summed E-state index contributed by atoms with van der Waals surface area (Å²) >= 11 is 1.64. The number of pyridine rings is 1. The number of thioether (sulfide) groups is 1. The molecule has 0 bridgehead atoms. The Morgan fingerprint density at radius 3 is 2.53 bits per heavy atom. The van der Waals surface area contributed by atoms with E-state index in [1.165, 1.54) is 18.3 Å². The number of halogens is 5. The molecule has 2 N–H and O–H groups in total. The highest BCUT2D eigenvalue weighted by atomic mass is 35.5. The highest BCUT2D eigenvalue weighted by Gasteiger charge is 2.57. The maximum Gasteiger partial charge on any atom is 0.416 e. The first-order chi connectivity index (χ1) is 17.2. The van der Waals surface area contributed by atoms with Crippen LogP contribution in [0, 0.1) is 5.41 Å². The zero-order chi connectivity index (χ0) is 25.5. The average molecular weight is 590 g/mol. The fraction of sp³-hybridized carbons (Fsp3) is 0.440. The van der Waals surface area contributed by atoms with Gasteiger partial charge in [0.2, 0.25) is 5.91 Å². The van der Waals surface area contributed by atoms with Gasteiger partial charge < -0.3 is 15.2 Å². The minimum absolute atomic E-state index is 0. The van der Waals surface area contributed by atoms with Gasteiger partial charge in [-0.3, -0.25) is 9.78 Å². The second-order valence-corrected chi connectivity index (χ2v) is 10.7. The summed E-state index contributed by atoms with van der Waals surface area (Å²) in [5, 5.41) is 9.32. The van der Waals surface area contributed by atoms with Crippen LogP contribution in [0.15, 0.2) is 47.8 Å². The lowest BCUT2D eigenvalue weighted by Gasteiger charge is -2.16. The number of rotatable bonds is 8. The van der Waals surface area contributed by atoms with Gasteiger partial charge in [-0.1, -0.05) is 23.9 Å². The lowest BCUT2D eigenvalue weighted by molar-refractivity contribution is -0.137. The number of alkyl halides is 3. The van der Waals surface area contributed by atoms with Crippen molar-refractivity contribution in [2.24, 2.45) is 18.2 Å². The van der Waals surface area contributed by atoms with Crippen LogP contribution in [0.1, 0.15) is 46.7 Å². The molecule has 5 rings (SSSR count). The lowest BCUT2D eigenvalue weighted by atomic mass is 9.97. The number of nitrogens with two attached hydrogens (primary N) is 1. The van der Waals surface area contributed by atoms with Crippen molar-refractivity contribution in [2.45, 2.75) is 36.5 Å². The molecular formula is C25H29Cl2F3N6OS. The van der Waals surface area contributed by atoms with E-state index < -0.39 is 17.6 Å². The highest BCUT2D eigenvalue weighted by Crippen LogP contribution is 2.64. The molecule has 1 saturated heterocycles. The number of carbonyl (C=O) groups excluding carboxylic acids is 1. The molecule has 206 valence electrons. The Morgan fingerprint density at radius 2 is 1.89 bits per heavy atom. The second-order valence-electron chi connectivity index (χ2n) is 9.63. The van der Waals surface area contributed by atoms with Crippen LogP contribution in [-0.4, -0.2) is 55.9 Å². The molecule has 13 heteroatoms. The minimum atomic E-state index is -4.29. The first-order valence-corrected chi connectivity index (χ1v) is 12.8. The quantitative estimate of drug-likeness (QED) is 0.287. The molecule has 1 aliphatic carbocycles. The van der Waals surface area contributed by atoms with Crippen molar-refractivity contribution in [3.63, 3.8) is 0 Å². The number of hydrogen-bond acceptors (Lipinski definition) is 6. The predicted octanol–water partition coefficient (Wildman–Crippen LogP) is 5.20. The lowest BCUT2D eigenvalue weighted by Crippen LogP contribution is -2.23. The van der Waals surface area contributed by atoms with Gasteiger partial charge in [0.25, 0.3) is 0 Å². The Kier molecular flexibility index (Phi) is 9.39. The molecule has 0 radical (unpaired) electrons. The Hall–Kier alpha value is -2.34. The van der Waals surface area contributed by atoms with Crippen LogP contribution in [0.25, 0.3) is 11.5 Å². The third kappa shape index (κ3) is 6.27. The van der Waals surface area contributed by atoms with E-state index in [1.54, 1.807) is 36.0 Å². The second kappa shape index (κ2) is 11.8. The summed E-state index contributed by atoms with van der Waals surface area (Å²) in [4.78, 5) is 18.0. The van der Waals surface area contributed by atoms with Crippen LogP contribution in [0.5, 0.6) is 0 Å². The van der Waals surface area contributed by atoms with E-state index in [-0.39, 0.29) is 30.2 Å². The van der Waals surface area contributed by atoms with E-state index in [4.69, 9.17) is 5.73 Å². The molecule has 3 aromatic rings. The number of benzene rings is 1. The summed E-state index contributed by atoms with van der Waals surface area (Å²) < 4.78 is 40.4. The van der Waals surface area contributed by atoms with Crippen molar-refractivity contribution in [3.05, 3.63) is 59.3 Å². The van der Waals surface area contributed by atoms with Gasteiger partial charge in [-0.2, -0.15) is 13.2 Å². The summed E-state index contributed by atoms with van der Waals surface area (Å²) in [6, 6.07) is 9.04. The zero-order valence-corrected chi connectivity index (χ0v) is 23.1. The summed E-state index contributed by atoms with van der Waals surface area (Å²) in [6.07, 6.45) is 0.298. The van der Waals surface area contributed by atoms with E-state index in [1.807, 2.05) is 11.6 Å². The van der Waals surface area contributed by atoms with Crippen LogP contribution < -0.4 is 5.73 Å². The molecule has 1 aliphatic heterocycles. The summed E-state index contributed by atoms with van der Waals surface area (Å²) in [5.41, 5.74) is 6.90. The summed E-state index contributed by atoms with van der Waals surface area (Å²) in [6.45, 7) is 3.02. The molecule has 0 unspecified atom stereocenters. The zero-order valence-electron chi connectivity index (χ0n) is 20.6. The van der Waals surface area contributed by atoms with Crippen LogP contribution in [0.3, 0.4) is 0 Å². The van der Waals surface area contributed by atoms with Gasteiger partial charge >= 0.3 is 6.18 Å². The van der Waals surface area contributed by atoms with Crippen LogP contribution in [-0.2, 0) is 13.2 Å². The Labute approximate surface area is 235 Å². The highest BCUT2D eigenvalue weighted by molar-refractivity contribution is 7.99. The first-order valence-electron chi connectivity index (χ1n) is 11.8. The fourth-order valence-corrected chi connectivity index (χ4v) is 5.97. The molecule has 2 aromatic heterocycles. The van der Waals surface area contributed by atoms with Crippen LogP contribution in [0.2, 0.25) is 0 Å².